The first kappa shape index (κ1) is 16.3. The van der Waals surface area contributed by atoms with Crippen LogP contribution in [0.3, 0.4) is 0 Å². The number of nitrogens with zero attached hydrogens (tertiary/aromatic N) is 2. The first-order chi connectivity index (χ1) is 10.7. The average molecular weight is 307 g/mol. The fourth-order valence-corrected chi connectivity index (χ4v) is 4.54. The zero-order valence-electron chi connectivity index (χ0n) is 14.0. The van der Waals surface area contributed by atoms with Crippen molar-refractivity contribution in [2.45, 2.75) is 63.8 Å². The maximum atomic E-state index is 12.5. The van der Waals surface area contributed by atoms with Crippen molar-refractivity contribution in [2.75, 3.05) is 32.7 Å². The lowest BCUT2D eigenvalue weighted by Crippen LogP contribution is -2.43. The smallest absolute Gasteiger partial charge is 0.222 e. The van der Waals surface area contributed by atoms with Crippen LogP contribution in [0.1, 0.15) is 57.8 Å². The molecular formula is C18H33N3O. The lowest BCUT2D eigenvalue weighted by Gasteiger charge is -2.35. The van der Waals surface area contributed by atoms with E-state index < -0.39 is 0 Å². The number of amides is 1. The molecule has 4 nitrogen and oxygen atoms in total. The van der Waals surface area contributed by atoms with E-state index >= 15 is 0 Å². The molecule has 1 saturated carbocycles. The van der Waals surface area contributed by atoms with E-state index in [-0.39, 0.29) is 6.04 Å². The van der Waals surface area contributed by atoms with Gasteiger partial charge in [-0.2, -0.15) is 0 Å². The third-order valence-electron chi connectivity index (χ3n) is 6.09. The summed E-state index contributed by atoms with van der Waals surface area (Å²) in [6.07, 6.45) is 10.6. The molecule has 4 heteroatoms. The molecular weight excluding hydrogens is 274 g/mol. The van der Waals surface area contributed by atoms with Crippen LogP contribution in [0, 0.1) is 11.8 Å². The van der Waals surface area contributed by atoms with Crippen LogP contribution in [0.15, 0.2) is 0 Å². The van der Waals surface area contributed by atoms with Crippen molar-refractivity contribution in [1.29, 1.82) is 0 Å². The molecule has 3 aliphatic rings. The van der Waals surface area contributed by atoms with Gasteiger partial charge in [0.25, 0.3) is 0 Å². The third kappa shape index (κ3) is 4.23. The van der Waals surface area contributed by atoms with Crippen molar-refractivity contribution in [1.82, 2.24) is 9.80 Å². The summed E-state index contributed by atoms with van der Waals surface area (Å²) in [5.74, 6) is 1.60. The van der Waals surface area contributed by atoms with Gasteiger partial charge >= 0.3 is 0 Å². The monoisotopic (exact) mass is 307 g/mol. The van der Waals surface area contributed by atoms with E-state index in [1.807, 2.05) is 0 Å². The Morgan fingerprint density at radius 3 is 2.27 bits per heavy atom. The Morgan fingerprint density at radius 2 is 1.59 bits per heavy atom. The summed E-state index contributed by atoms with van der Waals surface area (Å²) in [7, 11) is 0. The van der Waals surface area contributed by atoms with Crippen LogP contribution in [0.25, 0.3) is 0 Å². The molecule has 0 aromatic rings. The molecule has 2 heterocycles. The quantitative estimate of drug-likeness (QED) is 0.866. The van der Waals surface area contributed by atoms with E-state index in [1.165, 1.54) is 58.2 Å². The van der Waals surface area contributed by atoms with Crippen LogP contribution in [0.2, 0.25) is 0 Å². The highest BCUT2D eigenvalue weighted by atomic mass is 16.2. The van der Waals surface area contributed by atoms with E-state index in [9.17, 15) is 4.79 Å². The molecule has 3 fully saturated rings. The molecule has 2 unspecified atom stereocenters. The van der Waals surface area contributed by atoms with Gasteiger partial charge in [-0.1, -0.05) is 12.8 Å². The molecule has 2 atom stereocenters. The Labute approximate surface area is 135 Å². The standard InChI is InChI=1S/C18H33N3O/c19-17-6-2-1-5-16(17)13-18(22)21-11-7-15(8-12-21)14-20-9-3-4-10-20/h15-17H,1-14,19H2. The zero-order valence-corrected chi connectivity index (χ0v) is 14.0. The van der Waals surface area contributed by atoms with E-state index in [4.69, 9.17) is 5.73 Å². The van der Waals surface area contributed by atoms with E-state index in [0.717, 1.165) is 31.8 Å². The number of rotatable bonds is 4. The maximum Gasteiger partial charge on any atom is 0.222 e. The van der Waals surface area contributed by atoms with Gasteiger partial charge < -0.3 is 15.5 Å². The zero-order chi connectivity index (χ0) is 15.4. The second-order valence-corrected chi connectivity index (χ2v) is 7.74. The van der Waals surface area contributed by atoms with Gasteiger partial charge in [-0.15, -0.1) is 0 Å². The number of hydrogen-bond donors (Lipinski definition) is 1. The van der Waals surface area contributed by atoms with Gasteiger partial charge in [-0.05, 0) is 63.5 Å². The summed E-state index contributed by atoms with van der Waals surface area (Å²) in [6, 6.07) is 0.255. The lowest BCUT2D eigenvalue weighted by molar-refractivity contribution is -0.134. The van der Waals surface area contributed by atoms with E-state index in [0.29, 0.717) is 18.2 Å². The molecule has 2 saturated heterocycles. The fraction of sp³-hybridized carbons (Fsp3) is 0.944. The number of carbonyl (C=O) groups is 1. The van der Waals surface area contributed by atoms with Crippen molar-refractivity contribution in [3.63, 3.8) is 0 Å². The van der Waals surface area contributed by atoms with Gasteiger partial charge in [0.15, 0.2) is 0 Å². The first-order valence-electron chi connectivity index (χ1n) is 9.48. The Hall–Kier alpha value is -0.610. The highest BCUT2D eigenvalue weighted by Crippen LogP contribution is 2.27. The molecule has 1 aliphatic carbocycles. The normalized spacial score (nSPS) is 31.6. The summed E-state index contributed by atoms with van der Waals surface area (Å²) in [6.45, 7) is 5.78. The van der Waals surface area contributed by atoms with Crippen molar-refractivity contribution < 1.29 is 4.79 Å². The minimum atomic E-state index is 0.255. The Morgan fingerprint density at radius 1 is 0.909 bits per heavy atom. The van der Waals surface area contributed by atoms with Crippen molar-refractivity contribution in [3.05, 3.63) is 0 Å². The van der Waals surface area contributed by atoms with E-state index in [2.05, 4.69) is 9.80 Å². The predicted molar refractivity (Wildman–Crippen MR) is 89.5 cm³/mol. The second kappa shape index (κ2) is 7.78. The van der Waals surface area contributed by atoms with Crippen LogP contribution < -0.4 is 5.73 Å². The first-order valence-corrected chi connectivity index (χ1v) is 9.48. The fourth-order valence-electron chi connectivity index (χ4n) is 4.54. The Bertz CT molecular complexity index is 359. The van der Waals surface area contributed by atoms with Gasteiger partial charge in [-0.25, -0.2) is 0 Å². The molecule has 0 aromatic heterocycles. The van der Waals surface area contributed by atoms with Crippen molar-refractivity contribution >= 4 is 5.91 Å². The molecule has 22 heavy (non-hydrogen) atoms. The third-order valence-corrected chi connectivity index (χ3v) is 6.09. The molecule has 0 aromatic carbocycles. The molecule has 0 radical (unpaired) electrons. The Kier molecular flexibility index (Phi) is 5.75. The highest BCUT2D eigenvalue weighted by Gasteiger charge is 2.29. The molecule has 0 bridgehead atoms. The van der Waals surface area contributed by atoms with Crippen LogP contribution in [-0.4, -0.2) is 54.5 Å². The van der Waals surface area contributed by atoms with Crippen molar-refractivity contribution in [3.8, 4) is 0 Å². The van der Waals surface area contributed by atoms with Crippen LogP contribution in [0.5, 0.6) is 0 Å². The number of hydrogen-bond acceptors (Lipinski definition) is 3. The summed E-state index contributed by atoms with van der Waals surface area (Å²) in [4.78, 5) is 17.3. The maximum absolute atomic E-state index is 12.5. The van der Waals surface area contributed by atoms with Gasteiger partial charge in [0.05, 0.1) is 0 Å². The predicted octanol–water partition coefficient (Wildman–Crippen LogP) is 2.23. The van der Waals surface area contributed by atoms with E-state index in [1.54, 1.807) is 0 Å². The topological polar surface area (TPSA) is 49.6 Å². The molecule has 3 rings (SSSR count). The van der Waals surface area contributed by atoms with Crippen LogP contribution in [-0.2, 0) is 4.79 Å². The van der Waals surface area contributed by atoms with Gasteiger partial charge in [0.2, 0.25) is 5.91 Å². The van der Waals surface area contributed by atoms with Crippen molar-refractivity contribution in [2.24, 2.45) is 17.6 Å². The van der Waals surface area contributed by atoms with Gasteiger partial charge in [0, 0.05) is 32.1 Å². The average Bonchev–Trinajstić information content (AvgIpc) is 3.03. The SMILES string of the molecule is NC1CCCCC1CC(=O)N1CCC(CN2CCCC2)CC1. The minimum Gasteiger partial charge on any atom is -0.343 e. The summed E-state index contributed by atoms with van der Waals surface area (Å²) < 4.78 is 0. The number of likely N-dealkylation sites (tertiary alicyclic amines) is 2. The van der Waals surface area contributed by atoms with Gasteiger partial charge in [-0.3, -0.25) is 4.79 Å². The summed E-state index contributed by atoms with van der Waals surface area (Å²) in [5, 5.41) is 0. The molecule has 1 amide bonds. The second-order valence-electron chi connectivity index (χ2n) is 7.74. The molecule has 126 valence electrons. The lowest BCUT2D eigenvalue weighted by atomic mass is 9.82. The summed E-state index contributed by atoms with van der Waals surface area (Å²) >= 11 is 0. The molecule has 0 spiro atoms. The minimum absolute atomic E-state index is 0.255. The highest BCUT2D eigenvalue weighted by molar-refractivity contribution is 5.76. The van der Waals surface area contributed by atoms with Gasteiger partial charge in [0.1, 0.15) is 0 Å². The summed E-state index contributed by atoms with van der Waals surface area (Å²) in [5.41, 5.74) is 6.19. The Balaban J connectivity index is 1.39. The van der Waals surface area contributed by atoms with Crippen LogP contribution in [0.4, 0.5) is 0 Å². The largest absolute Gasteiger partial charge is 0.343 e. The van der Waals surface area contributed by atoms with Crippen LogP contribution >= 0.6 is 0 Å². The number of nitrogens with two attached hydrogens (primary N) is 1. The number of carbonyl (C=O) groups excluding carboxylic acids is 1. The molecule has 2 aliphatic heterocycles. The molecule has 2 N–H and O–H groups in total. The number of piperidine rings is 1.